The second kappa shape index (κ2) is 7.67. The highest BCUT2D eigenvalue weighted by atomic mass is 16.5. The molecule has 0 saturated heterocycles. The summed E-state index contributed by atoms with van der Waals surface area (Å²) in [5.74, 6) is 1.07. The Morgan fingerprint density at radius 1 is 1.22 bits per heavy atom. The van der Waals surface area contributed by atoms with Gasteiger partial charge in [0.05, 0.1) is 18.9 Å². The Morgan fingerprint density at radius 3 is 2.52 bits per heavy atom. The molecule has 1 aromatic heterocycles. The first-order valence-corrected chi connectivity index (χ1v) is 7.72. The third-order valence-corrected chi connectivity index (χ3v) is 3.36. The van der Waals surface area contributed by atoms with Gasteiger partial charge in [0.1, 0.15) is 0 Å². The maximum atomic E-state index is 12.3. The number of rotatable bonds is 7. The van der Waals surface area contributed by atoms with Gasteiger partial charge in [-0.3, -0.25) is 9.48 Å². The van der Waals surface area contributed by atoms with E-state index in [2.05, 4.69) is 10.4 Å². The number of ether oxygens (including phenoxy) is 2. The van der Waals surface area contributed by atoms with Crippen molar-refractivity contribution in [2.45, 2.75) is 27.3 Å². The molecule has 6 nitrogen and oxygen atoms in total. The van der Waals surface area contributed by atoms with E-state index in [1.165, 1.54) is 0 Å². The largest absolute Gasteiger partial charge is 0.490 e. The van der Waals surface area contributed by atoms with Crippen LogP contribution < -0.4 is 14.8 Å². The van der Waals surface area contributed by atoms with Crippen LogP contribution in [0, 0.1) is 6.92 Å². The molecule has 1 heterocycles. The summed E-state index contributed by atoms with van der Waals surface area (Å²) in [6.45, 7) is 7.23. The van der Waals surface area contributed by atoms with Gasteiger partial charge in [-0.25, -0.2) is 0 Å². The van der Waals surface area contributed by atoms with Crippen LogP contribution in [-0.4, -0.2) is 28.9 Å². The van der Waals surface area contributed by atoms with Crippen molar-refractivity contribution in [2.75, 3.05) is 13.2 Å². The van der Waals surface area contributed by atoms with E-state index < -0.39 is 0 Å². The molecule has 0 aliphatic carbocycles. The molecule has 2 aromatic rings. The van der Waals surface area contributed by atoms with E-state index >= 15 is 0 Å². The van der Waals surface area contributed by atoms with Crippen molar-refractivity contribution in [1.29, 1.82) is 0 Å². The number of carbonyl (C=O) groups excluding carboxylic acids is 1. The Morgan fingerprint density at radius 2 is 1.91 bits per heavy atom. The molecule has 1 aromatic carbocycles. The monoisotopic (exact) mass is 317 g/mol. The summed E-state index contributed by atoms with van der Waals surface area (Å²) < 4.78 is 12.8. The second-order valence-corrected chi connectivity index (χ2v) is 5.12. The molecule has 0 fully saturated rings. The average Bonchev–Trinajstić information content (AvgIpc) is 2.85. The standard InChI is InChI=1S/C17H23N3O3/c1-5-22-15-8-7-13(9-16(15)23-6-2)17(21)18-10-14-11-20(4)19-12(14)3/h7-9,11H,5-6,10H2,1-4H3,(H,18,21). The van der Waals surface area contributed by atoms with Gasteiger partial charge in [0, 0.05) is 30.9 Å². The summed E-state index contributed by atoms with van der Waals surface area (Å²) >= 11 is 0. The molecule has 2 rings (SSSR count). The van der Waals surface area contributed by atoms with E-state index in [9.17, 15) is 4.79 Å². The molecule has 1 amide bonds. The first kappa shape index (κ1) is 16.9. The van der Waals surface area contributed by atoms with Crippen LogP contribution in [0.25, 0.3) is 0 Å². The maximum Gasteiger partial charge on any atom is 0.251 e. The minimum absolute atomic E-state index is 0.155. The number of nitrogens with one attached hydrogen (secondary N) is 1. The van der Waals surface area contributed by atoms with Crippen LogP contribution in [0.3, 0.4) is 0 Å². The van der Waals surface area contributed by atoms with Crippen LogP contribution in [0.15, 0.2) is 24.4 Å². The van der Waals surface area contributed by atoms with Crippen LogP contribution in [0.4, 0.5) is 0 Å². The predicted molar refractivity (Wildman–Crippen MR) is 87.9 cm³/mol. The lowest BCUT2D eigenvalue weighted by Crippen LogP contribution is -2.23. The summed E-state index contributed by atoms with van der Waals surface area (Å²) in [5, 5.41) is 7.16. The molecular formula is C17H23N3O3. The normalized spacial score (nSPS) is 10.4. The predicted octanol–water partition coefficient (Wildman–Crippen LogP) is 2.46. The molecule has 0 atom stereocenters. The maximum absolute atomic E-state index is 12.3. The number of aromatic nitrogens is 2. The lowest BCUT2D eigenvalue weighted by molar-refractivity contribution is 0.0950. The van der Waals surface area contributed by atoms with Crippen LogP contribution in [0.5, 0.6) is 11.5 Å². The van der Waals surface area contributed by atoms with Crippen molar-refractivity contribution >= 4 is 5.91 Å². The van der Waals surface area contributed by atoms with Gasteiger partial charge in [0.15, 0.2) is 11.5 Å². The van der Waals surface area contributed by atoms with E-state index in [0.29, 0.717) is 36.8 Å². The Balaban J connectivity index is 2.09. The second-order valence-electron chi connectivity index (χ2n) is 5.12. The van der Waals surface area contributed by atoms with E-state index in [1.54, 1.807) is 22.9 Å². The lowest BCUT2D eigenvalue weighted by atomic mass is 10.1. The molecule has 0 spiro atoms. The fourth-order valence-electron chi connectivity index (χ4n) is 2.29. The molecule has 0 aliphatic heterocycles. The molecule has 0 aliphatic rings. The number of carbonyl (C=O) groups is 1. The third-order valence-electron chi connectivity index (χ3n) is 3.36. The molecule has 6 heteroatoms. The van der Waals surface area contributed by atoms with Crippen LogP contribution >= 0.6 is 0 Å². The smallest absolute Gasteiger partial charge is 0.251 e. The number of benzene rings is 1. The number of amides is 1. The zero-order valence-electron chi connectivity index (χ0n) is 14.0. The van der Waals surface area contributed by atoms with Crippen molar-refractivity contribution in [3.05, 3.63) is 41.2 Å². The SMILES string of the molecule is CCOc1ccc(C(=O)NCc2cn(C)nc2C)cc1OCC. The lowest BCUT2D eigenvalue weighted by Gasteiger charge is -2.12. The molecular weight excluding hydrogens is 294 g/mol. The van der Waals surface area contributed by atoms with Crippen molar-refractivity contribution in [3.8, 4) is 11.5 Å². The molecule has 0 bridgehead atoms. The minimum Gasteiger partial charge on any atom is -0.490 e. The molecule has 1 N–H and O–H groups in total. The number of nitrogens with zero attached hydrogens (tertiary/aromatic N) is 2. The molecule has 124 valence electrons. The Bertz CT molecular complexity index is 680. The quantitative estimate of drug-likeness (QED) is 0.852. The molecule has 0 saturated carbocycles. The highest BCUT2D eigenvalue weighted by molar-refractivity contribution is 5.94. The van der Waals surface area contributed by atoms with Crippen molar-refractivity contribution < 1.29 is 14.3 Å². The van der Waals surface area contributed by atoms with Crippen molar-refractivity contribution in [3.63, 3.8) is 0 Å². The van der Waals surface area contributed by atoms with Gasteiger partial charge in [-0.2, -0.15) is 5.10 Å². The summed E-state index contributed by atoms with van der Waals surface area (Å²) in [7, 11) is 1.86. The number of aryl methyl sites for hydroxylation is 2. The van der Waals surface area contributed by atoms with E-state index in [-0.39, 0.29) is 5.91 Å². The number of hydrogen-bond acceptors (Lipinski definition) is 4. The Kier molecular flexibility index (Phi) is 5.62. The first-order chi connectivity index (χ1) is 11.0. The van der Waals surface area contributed by atoms with Crippen LogP contribution in [0.1, 0.15) is 35.5 Å². The highest BCUT2D eigenvalue weighted by Crippen LogP contribution is 2.28. The minimum atomic E-state index is -0.155. The van der Waals surface area contributed by atoms with Gasteiger partial charge in [-0.1, -0.05) is 0 Å². The van der Waals surface area contributed by atoms with Gasteiger partial charge in [-0.05, 0) is 39.0 Å². The Hall–Kier alpha value is -2.50. The fraction of sp³-hybridized carbons (Fsp3) is 0.412. The van der Waals surface area contributed by atoms with E-state index in [0.717, 1.165) is 11.3 Å². The molecule has 23 heavy (non-hydrogen) atoms. The summed E-state index contributed by atoms with van der Waals surface area (Å²) in [5.41, 5.74) is 2.45. The van der Waals surface area contributed by atoms with Crippen LogP contribution in [0.2, 0.25) is 0 Å². The zero-order valence-corrected chi connectivity index (χ0v) is 14.0. The molecule has 0 radical (unpaired) electrons. The summed E-state index contributed by atoms with van der Waals surface area (Å²) in [6.07, 6.45) is 1.90. The number of hydrogen-bond donors (Lipinski definition) is 1. The zero-order chi connectivity index (χ0) is 16.8. The van der Waals surface area contributed by atoms with Gasteiger partial charge in [-0.15, -0.1) is 0 Å². The van der Waals surface area contributed by atoms with Crippen molar-refractivity contribution in [1.82, 2.24) is 15.1 Å². The van der Waals surface area contributed by atoms with Crippen molar-refractivity contribution in [2.24, 2.45) is 7.05 Å². The van der Waals surface area contributed by atoms with Gasteiger partial charge < -0.3 is 14.8 Å². The topological polar surface area (TPSA) is 65.4 Å². The fourth-order valence-corrected chi connectivity index (χ4v) is 2.29. The van der Waals surface area contributed by atoms with Crippen LogP contribution in [-0.2, 0) is 13.6 Å². The van der Waals surface area contributed by atoms with Gasteiger partial charge in [0.2, 0.25) is 0 Å². The highest BCUT2D eigenvalue weighted by Gasteiger charge is 2.12. The Labute approximate surface area is 136 Å². The summed E-state index contributed by atoms with van der Waals surface area (Å²) in [4.78, 5) is 12.3. The summed E-state index contributed by atoms with van der Waals surface area (Å²) in [6, 6.07) is 5.21. The first-order valence-electron chi connectivity index (χ1n) is 7.72. The molecule has 0 unspecified atom stereocenters. The van der Waals surface area contributed by atoms with E-state index in [1.807, 2.05) is 34.0 Å². The van der Waals surface area contributed by atoms with Gasteiger partial charge >= 0.3 is 0 Å². The average molecular weight is 317 g/mol. The van der Waals surface area contributed by atoms with E-state index in [4.69, 9.17) is 9.47 Å². The third kappa shape index (κ3) is 4.25. The van der Waals surface area contributed by atoms with Gasteiger partial charge in [0.25, 0.3) is 5.91 Å².